The molecule has 3 atom stereocenters. The number of fused-ring (bicyclic) bond motifs is 4. The van der Waals surface area contributed by atoms with Crippen LogP contribution in [0.5, 0.6) is 5.75 Å². The van der Waals surface area contributed by atoms with Crippen molar-refractivity contribution in [3.63, 3.8) is 0 Å². The van der Waals surface area contributed by atoms with E-state index in [1.54, 1.807) is 11.4 Å². The minimum atomic E-state index is -3.63. The molecule has 0 aromatic heterocycles. The molecular formula is C17H26ClN3O3S. The molecule has 3 heterocycles. The fraction of sp³-hybridized carbons (Fsp3) is 0.647. The number of nitrogens with two attached hydrogens (primary N) is 1. The monoisotopic (exact) mass is 387 g/mol. The Bertz CT molecular complexity index is 743. The molecule has 2 saturated heterocycles. The third-order valence-corrected chi connectivity index (χ3v) is 7.05. The molecule has 3 aliphatic heterocycles. The molecule has 0 radical (unpaired) electrons. The van der Waals surface area contributed by atoms with Gasteiger partial charge in [-0.05, 0) is 54.9 Å². The topological polar surface area (TPSA) is 75.9 Å². The lowest BCUT2D eigenvalue weighted by atomic mass is 9.77. The van der Waals surface area contributed by atoms with Crippen LogP contribution in [0.15, 0.2) is 18.2 Å². The maximum atomic E-state index is 12.0. The summed E-state index contributed by atoms with van der Waals surface area (Å²) >= 11 is 0. The summed E-state index contributed by atoms with van der Waals surface area (Å²) in [6.45, 7) is 2.55. The number of hydrogen-bond donors (Lipinski definition) is 1. The van der Waals surface area contributed by atoms with Crippen molar-refractivity contribution in [1.29, 1.82) is 0 Å². The molecule has 0 aliphatic carbocycles. The molecule has 0 unspecified atom stereocenters. The summed E-state index contributed by atoms with van der Waals surface area (Å²) in [4.78, 5) is 2.53. The molecule has 140 valence electrons. The van der Waals surface area contributed by atoms with Crippen molar-refractivity contribution in [2.24, 2.45) is 11.1 Å². The number of ether oxygens (including phenoxy) is 1. The number of methoxy groups -OCH3 is 1. The van der Waals surface area contributed by atoms with Gasteiger partial charge in [-0.15, -0.1) is 12.4 Å². The second-order valence-electron chi connectivity index (χ2n) is 7.19. The minimum Gasteiger partial charge on any atom is -0.497 e. The number of benzene rings is 1. The third-order valence-electron chi connectivity index (χ3n) is 5.95. The van der Waals surface area contributed by atoms with Crippen LogP contribution in [0.1, 0.15) is 36.4 Å². The molecule has 6 nitrogen and oxygen atoms in total. The van der Waals surface area contributed by atoms with E-state index in [4.69, 9.17) is 9.88 Å². The summed E-state index contributed by atoms with van der Waals surface area (Å²) in [6.07, 6.45) is 3.86. The van der Waals surface area contributed by atoms with Gasteiger partial charge in [0, 0.05) is 31.7 Å². The Balaban J connectivity index is 0.00000182. The fourth-order valence-electron chi connectivity index (χ4n) is 4.83. The first kappa shape index (κ1) is 18.9. The van der Waals surface area contributed by atoms with E-state index in [0.29, 0.717) is 12.5 Å². The summed E-state index contributed by atoms with van der Waals surface area (Å²) in [5.41, 5.74) is 2.65. The van der Waals surface area contributed by atoms with Crippen molar-refractivity contribution in [3.8, 4) is 5.75 Å². The summed E-state index contributed by atoms with van der Waals surface area (Å²) < 4.78 is 30.9. The summed E-state index contributed by atoms with van der Waals surface area (Å²) in [6, 6.07) is 6.59. The van der Waals surface area contributed by atoms with E-state index in [0.717, 1.165) is 44.5 Å². The van der Waals surface area contributed by atoms with Crippen LogP contribution in [0.25, 0.3) is 0 Å². The quantitative estimate of drug-likeness (QED) is 0.838. The van der Waals surface area contributed by atoms with Gasteiger partial charge >= 0.3 is 0 Å². The predicted octanol–water partition coefficient (Wildman–Crippen LogP) is 1.70. The smallest absolute Gasteiger partial charge is 0.277 e. The Morgan fingerprint density at radius 2 is 2.08 bits per heavy atom. The predicted molar refractivity (Wildman–Crippen MR) is 99.2 cm³/mol. The molecule has 3 aliphatic rings. The second-order valence-corrected chi connectivity index (χ2v) is 8.69. The number of nitrogens with zero attached hydrogens (tertiary/aromatic N) is 2. The Labute approximate surface area is 155 Å². The zero-order chi connectivity index (χ0) is 16.9. The molecule has 0 saturated carbocycles. The Morgan fingerprint density at radius 1 is 1.28 bits per heavy atom. The number of hydrogen-bond acceptors (Lipinski definition) is 4. The molecule has 2 fully saturated rings. The molecule has 8 heteroatoms. The number of halogens is 1. The van der Waals surface area contributed by atoms with Crippen LogP contribution >= 0.6 is 12.4 Å². The molecule has 0 amide bonds. The van der Waals surface area contributed by atoms with Crippen LogP contribution in [0.3, 0.4) is 0 Å². The average Bonchev–Trinajstić information content (AvgIpc) is 2.58. The SMILES string of the molecule is COc1ccc2c(c1)CCN1C[C@H]3CCCN(S(N)(=O)=O)[C@H]3C[C@@H]21.Cl. The van der Waals surface area contributed by atoms with Crippen LogP contribution in [0.2, 0.25) is 0 Å². The van der Waals surface area contributed by atoms with Crippen molar-refractivity contribution >= 4 is 22.6 Å². The van der Waals surface area contributed by atoms with Gasteiger partial charge in [0.05, 0.1) is 7.11 Å². The summed E-state index contributed by atoms with van der Waals surface area (Å²) in [5.74, 6) is 1.29. The van der Waals surface area contributed by atoms with Crippen LogP contribution in [-0.2, 0) is 16.6 Å². The van der Waals surface area contributed by atoms with Crippen LogP contribution in [0.4, 0.5) is 0 Å². The van der Waals surface area contributed by atoms with E-state index >= 15 is 0 Å². The van der Waals surface area contributed by atoms with Gasteiger partial charge in [0.25, 0.3) is 10.2 Å². The van der Waals surface area contributed by atoms with Gasteiger partial charge in [-0.3, -0.25) is 4.90 Å². The van der Waals surface area contributed by atoms with Crippen LogP contribution in [0, 0.1) is 5.92 Å². The van der Waals surface area contributed by atoms with Gasteiger partial charge in [-0.1, -0.05) is 6.07 Å². The van der Waals surface area contributed by atoms with Crippen LogP contribution in [-0.4, -0.2) is 50.4 Å². The molecule has 0 spiro atoms. The van der Waals surface area contributed by atoms with Gasteiger partial charge in [-0.25, -0.2) is 5.14 Å². The van der Waals surface area contributed by atoms with E-state index in [1.807, 2.05) is 6.07 Å². The maximum Gasteiger partial charge on any atom is 0.277 e. The van der Waals surface area contributed by atoms with Gasteiger partial charge in [0.1, 0.15) is 5.75 Å². The van der Waals surface area contributed by atoms with Crippen molar-refractivity contribution in [2.45, 2.75) is 37.8 Å². The first-order valence-electron chi connectivity index (χ1n) is 8.68. The first-order chi connectivity index (χ1) is 11.5. The molecular weight excluding hydrogens is 362 g/mol. The van der Waals surface area contributed by atoms with Gasteiger partial charge in [0.2, 0.25) is 0 Å². The van der Waals surface area contributed by atoms with Crippen molar-refractivity contribution in [3.05, 3.63) is 29.3 Å². The van der Waals surface area contributed by atoms with Gasteiger partial charge in [-0.2, -0.15) is 12.7 Å². The Hall–Kier alpha value is -0.860. The molecule has 0 bridgehead atoms. The lowest BCUT2D eigenvalue weighted by Gasteiger charge is -2.51. The molecule has 4 rings (SSSR count). The highest BCUT2D eigenvalue weighted by Crippen LogP contribution is 2.43. The molecule has 1 aromatic rings. The largest absolute Gasteiger partial charge is 0.497 e. The number of piperidine rings is 2. The Kier molecular flexibility index (Phi) is 5.33. The first-order valence-corrected chi connectivity index (χ1v) is 10.2. The molecule has 2 N–H and O–H groups in total. The standard InChI is InChI=1S/C17H25N3O3S.ClH/c1-23-14-4-5-15-12(9-14)6-8-19-11-13-3-2-7-20(24(18,21)22)16(13)10-17(15)19;/h4-5,9,13,16-17H,2-3,6-8,10-11H2,1H3,(H2,18,21,22);1H/t13-,16+,17+;/m1./s1. The van der Waals surface area contributed by atoms with Crippen molar-refractivity contribution < 1.29 is 13.2 Å². The van der Waals surface area contributed by atoms with Crippen LogP contribution < -0.4 is 9.88 Å². The van der Waals surface area contributed by atoms with Crippen molar-refractivity contribution in [1.82, 2.24) is 9.21 Å². The second kappa shape index (κ2) is 7.04. The summed E-state index contributed by atoms with van der Waals surface area (Å²) in [7, 11) is -1.94. The fourth-order valence-corrected chi connectivity index (χ4v) is 5.85. The van der Waals surface area contributed by atoms with Gasteiger partial charge < -0.3 is 4.74 Å². The van der Waals surface area contributed by atoms with E-state index in [2.05, 4.69) is 17.0 Å². The van der Waals surface area contributed by atoms with E-state index < -0.39 is 10.2 Å². The maximum absolute atomic E-state index is 12.0. The number of rotatable bonds is 2. The zero-order valence-electron chi connectivity index (χ0n) is 14.4. The zero-order valence-corrected chi connectivity index (χ0v) is 16.1. The van der Waals surface area contributed by atoms with Gasteiger partial charge in [0.15, 0.2) is 0 Å². The summed E-state index contributed by atoms with van der Waals surface area (Å²) in [5, 5.41) is 5.49. The van der Waals surface area contributed by atoms with E-state index in [9.17, 15) is 8.42 Å². The normalized spacial score (nSPS) is 29.8. The highest BCUT2D eigenvalue weighted by molar-refractivity contribution is 7.86. The highest BCUT2D eigenvalue weighted by Gasteiger charge is 2.45. The van der Waals surface area contributed by atoms with E-state index in [1.165, 1.54) is 11.1 Å². The van der Waals surface area contributed by atoms with Crippen molar-refractivity contribution in [2.75, 3.05) is 26.7 Å². The lowest BCUT2D eigenvalue weighted by Crippen LogP contribution is -2.58. The molecule has 25 heavy (non-hydrogen) atoms. The Morgan fingerprint density at radius 3 is 2.80 bits per heavy atom. The highest BCUT2D eigenvalue weighted by atomic mass is 35.5. The minimum absolute atomic E-state index is 0. The van der Waals surface area contributed by atoms with E-state index in [-0.39, 0.29) is 24.5 Å². The molecule has 1 aromatic carbocycles. The average molecular weight is 388 g/mol. The lowest BCUT2D eigenvalue weighted by molar-refractivity contribution is 0.0219. The third kappa shape index (κ3) is 3.40.